The van der Waals surface area contributed by atoms with Crippen LogP contribution in [0.1, 0.15) is 22.3 Å². The molecule has 0 bridgehead atoms. The topological polar surface area (TPSA) is 9.23 Å². The van der Waals surface area contributed by atoms with Gasteiger partial charge >= 0.3 is 0 Å². The number of fused-ring (bicyclic) bond motifs is 11. The van der Waals surface area contributed by atoms with Crippen molar-refractivity contribution in [1.82, 2.24) is 0 Å². The van der Waals surface area contributed by atoms with E-state index in [1.54, 1.807) is 0 Å². The van der Waals surface area contributed by atoms with E-state index in [9.17, 15) is 0 Å². The van der Waals surface area contributed by atoms with Crippen LogP contribution < -0.4 is 4.74 Å². The Hall–Kier alpha value is -6.70. The summed E-state index contributed by atoms with van der Waals surface area (Å²) >= 11 is 0. The maximum atomic E-state index is 6.48. The molecule has 0 aromatic heterocycles. The molecule has 52 heavy (non-hydrogen) atoms. The molecule has 240 valence electrons. The quantitative estimate of drug-likeness (QED) is 0.180. The fourth-order valence-corrected chi connectivity index (χ4v) is 9.88. The van der Waals surface area contributed by atoms with Crippen molar-refractivity contribution in [3.8, 4) is 67.1 Å². The Morgan fingerprint density at radius 2 is 0.865 bits per heavy atom. The Morgan fingerprint density at radius 1 is 0.308 bits per heavy atom. The Labute approximate surface area is 302 Å². The largest absolute Gasteiger partial charge is 0.456 e. The minimum atomic E-state index is -0.452. The first-order valence-corrected chi connectivity index (χ1v) is 18.1. The Balaban J connectivity index is 1.13. The molecule has 1 nitrogen and oxygen atoms in total. The van der Waals surface area contributed by atoms with E-state index in [1.807, 2.05) is 6.07 Å². The van der Waals surface area contributed by atoms with E-state index in [0.717, 1.165) is 17.1 Å². The van der Waals surface area contributed by atoms with Crippen LogP contribution in [0.5, 0.6) is 11.5 Å². The second-order valence-electron chi connectivity index (χ2n) is 14.3. The van der Waals surface area contributed by atoms with E-state index >= 15 is 0 Å². The molecule has 0 radical (unpaired) electrons. The van der Waals surface area contributed by atoms with E-state index in [1.165, 1.54) is 93.9 Å². The second kappa shape index (κ2) is 10.2. The second-order valence-corrected chi connectivity index (χ2v) is 14.3. The van der Waals surface area contributed by atoms with Gasteiger partial charge in [-0.1, -0.05) is 164 Å². The van der Waals surface area contributed by atoms with Gasteiger partial charge in [-0.05, 0) is 107 Å². The average molecular weight is 659 g/mol. The molecule has 3 aliphatic rings. The molecule has 12 rings (SSSR count). The maximum absolute atomic E-state index is 6.48. The summed E-state index contributed by atoms with van der Waals surface area (Å²) in [7, 11) is 0. The van der Waals surface area contributed by atoms with Gasteiger partial charge < -0.3 is 4.74 Å². The van der Waals surface area contributed by atoms with Crippen LogP contribution in [0.25, 0.3) is 77.2 Å². The summed E-state index contributed by atoms with van der Waals surface area (Å²) in [4.78, 5) is 0. The first-order chi connectivity index (χ1) is 25.8. The standard InChI is InChI=1S/C51H30O/c1-2-15-34(35-28-29-48-50-40(35)20-11-21-42(50)39-18-5-8-25-47(39)52-48)33(14-1)32-26-27-38-36-16-3-6-22-43(36)51(46(38)30-32)44-23-7-4-17-37(44)41-19-9-12-31-13-10-24-45(51)49(31)41/h1-30H. The predicted molar refractivity (Wildman–Crippen MR) is 214 cm³/mol. The van der Waals surface area contributed by atoms with Gasteiger partial charge in [0.1, 0.15) is 11.5 Å². The van der Waals surface area contributed by atoms with Crippen LogP contribution in [0, 0.1) is 0 Å². The van der Waals surface area contributed by atoms with Crippen molar-refractivity contribution in [2.24, 2.45) is 0 Å². The van der Waals surface area contributed by atoms with E-state index < -0.39 is 5.41 Å². The number of para-hydroxylation sites is 1. The van der Waals surface area contributed by atoms with Crippen LogP contribution in [-0.4, -0.2) is 0 Å². The summed E-state index contributed by atoms with van der Waals surface area (Å²) in [6, 6.07) is 67.4. The molecule has 1 heterocycles. The highest BCUT2D eigenvalue weighted by molar-refractivity contribution is 6.11. The molecule has 1 aliphatic heterocycles. The van der Waals surface area contributed by atoms with Crippen LogP contribution >= 0.6 is 0 Å². The molecule has 0 N–H and O–H groups in total. The van der Waals surface area contributed by atoms with Gasteiger partial charge in [0.25, 0.3) is 0 Å². The summed E-state index contributed by atoms with van der Waals surface area (Å²) in [5.41, 5.74) is 17.4. The van der Waals surface area contributed by atoms with Crippen molar-refractivity contribution >= 4 is 21.5 Å². The molecule has 0 fully saturated rings. The summed E-state index contributed by atoms with van der Waals surface area (Å²) in [6.45, 7) is 0. The number of rotatable bonds is 2. The van der Waals surface area contributed by atoms with Crippen molar-refractivity contribution in [1.29, 1.82) is 0 Å². The monoisotopic (exact) mass is 658 g/mol. The smallest absolute Gasteiger partial charge is 0.135 e. The van der Waals surface area contributed by atoms with Crippen LogP contribution in [0.15, 0.2) is 182 Å². The zero-order valence-electron chi connectivity index (χ0n) is 28.2. The highest BCUT2D eigenvalue weighted by atomic mass is 16.5. The summed E-state index contributed by atoms with van der Waals surface area (Å²) < 4.78 is 6.48. The average Bonchev–Trinajstić information content (AvgIpc) is 3.50. The van der Waals surface area contributed by atoms with Gasteiger partial charge in [-0.15, -0.1) is 0 Å². The van der Waals surface area contributed by atoms with Gasteiger partial charge in [0.05, 0.1) is 5.41 Å². The fourth-order valence-electron chi connectivity index (χ4n) is 9.88. The minimum Gasteiger partial charge on any atom is -0.456 e. The highest BCUT2D eigenvalue weighted by Crippen LogP contribution is 2.62. The summed E-state index contributed by atoms with van der Waals surface area (Å²) in [5, 5.41) is 5.00. The number of hydrogen-bond acceptors (Lipinski definition) is 1. The number of hydrogen-bond donors (Lipinski definition) is 0. The lowest BCUT2D eigenvalue weighted by Gasteiger charge is -2.40. The third kappa shape index (κ3) is 3.48. The van der Waals surface area contributed by atoms with Gasteiger partial charge in [-0.2, -0.15) is 0 Å². The fraction of sp³-hybridized carbons (Fsp3) is 0.0196. The van der Waals surface area contributed by atoms with Crippen molar-refractivity contribution in [3.05, 3.63) is 204 Å². The molecule has 1 unspecified atom stereocenters. The van der Waals surface area contributed by atoms with Crippen molar-refractivity contribution in [2.45, 2.75) is 5.41 Å². The van der Waals surface area contributed by atoms with Gasteiger partial charge in [0.15, 0.2) is 0 Å². The van der Waals surface area contributed by atoms with Crippen molar-refractivity contribution in [3.63, 3.8) is 0 Å². The first-order valence-electron chi connectivity index (χ1n) is 18.1. The van der Waals surface area contributed by atoms with Gasteiger partial charge in [0, 0.05) is 10.9 Å². The Bertz CT molecular complexity index is 3000. The van der Waals surface area contributed by atoms with Crippen molar-refractivity contribution in [2.75, 3.05) is 0 Å². The molecule has 2 aliphatic carbocycles. The van der Waals surface area contributed by atoms with Gasteiger partial charge in [0.2, 0.25) is 0 Å². The van der Waals surface area contributed by atoms with Gasteiger partial charge in [-0.25, -0.2) is 0 Å². The van der Waals surface area contributed by atoms with Crippen molar-refractivity contribution < 1.29 is 4.74 Å². The number of benzene rings is 9. The normalized spacial score (nSPS) is 15.5. The molecule has 0 amide bonds. The Morgan fingerprint density at radius 3 is 1.67 bits per heavy atom. The van der Waals surface area contributed by atoms with Crippen LogP contribution in [0.4, 0.5) is 0 Å². The number of ether oxygens (including phenoxy) is 1. The minimum absolute atomic E-state index is 0.452. The lowest BCUT2D eigenvalue weighted by molar-refractivity contribution is 0.487. The molecule has 1 spiro atoms. The Kier molecular flexibility index (Phi) is 5.49. The molecular weight excluding hydrogens is 629 g/mol. The summed E-state index contributed by atoms with van der Waals surface area (Å²) in [6.07, 6.45) is 0. The van der Waals surface area contributed by atoms with Crippen LogP contribution in [0.2, 0.25) is 0 Å². The predicted octanol–water partition coefficient (Wildman–Crippen LogP) is 13.4. The molecule has 0 saturated heterocycles. The van der Waals surface area contributed by atoms with Gasteiger partial charge in [-0.3, -0.25) is 0 Å². The lowest BCUT2D eigenvalue weighted by Crippen LogP contribution is -2.31. The zero-order chi connectivity index (χ0) is 34.0. The SMILES string of the molecule is c1ccc2c(c1)Oc1ccc(-c3ccccc3-c3ccc4c(c3)C3(c5ccccc5-4)c4ccccc4-c4cccc5cccc3c45)c3cccc-2c13. The van der Waals surface area contributed by atoms with Crippen LogP contribution in [-0.2, 0) is 5.41 Å². The molecule has 1 atom stereocenters. The maximum Gasteiger partial charge on any atom is 0.135 e. The van der Waals surface area contributed by atoms with E-state index in [2.05, 4.69) is 176 Å². The van der Waals surface area contributed by atoms with E-state index in [-0.39, 0.29) is 0 Å². The third-order valence-electron chi connectivity index (χ3n) is 11.9. The zero-order valence-corrected chi connectivity index (χ0v) is 28.2. The molecule has 9 aromatic carbocycles. The lowest BCUT2D eigenvalue weighted by atomic mass is 9.61. The highest BCUT2D eigenvalue weighted by Gasteiger charge is 2.50. The van der Waals surface area contributed by atoms with E-state index in [0.29, 0.717) is 0 Å². The third-order valence-corrected chi connectivity index (χ3v) is 11.9. The summed E-state index contributed by atoms with van der Waals surface area (Å²) in [5.74, 6) is 1.82. The molecular formula is C51H30O. The first kappa shape index (κ1) is 28.0. The molecule has 9 aromatic rings. The van der Waals surface area contributed by atoms with Crippen LogP contribution in [0.3, 0.4) is 0 Å². The molecule has 1 heteroatoms. The molecule has 0 saturated carbocycles. The van der Waals surface area contributed by atoms with E-state index in [4.69, 9.17) is 4.74 Å².